The van der Waals surface area contributed by atoms with Gasteiger partial charge in [0, 0.05) is 12.5 Å². The van der Waals surface area contributed by atoms with Crippen molar-refractivity contribution in [1.82, 2.24) is 5.32 Å². The van der Waals surface area contributed by atoms with E-state index in [4.69, 9.17) is 9.52 Å². The van der Waals surface area contributed by atoms with Gasteiger partial charge in [0.05, 0.1) is 6.42 Å². The summed E-state index contributed by atoms with van der Waals surface area (Å²) in [7, 11) is 0. The predicted octanol–water partition coefficient (Wildman–Crippen LogP) is 1.74. The number of hydrogen-bond acceptors (Lipinski definition) is 3. The molecule has 94 valence electrons. The van der Waals surface area contributed by atoms with Gasteiger partial charge in [-0.3, -0.25) is 9.59 Å². The fraction of sp³-hybridized carbons (Fsp3) is 0.500. The van der Waals surface area contributed by atoms with E-state index in [1.54, 1.807) is 13.0 Å². The van der Waals surface area contributed by atoms with Gasteiger partial charge in [0.2, 0.25) is 0 Å². The molecule has 2 N–H and O–H groups in total. The fourth-order valence-electron chi connectivity index (χ4n) is 1.59. The van der Waals surface area contributed by atoms with Crippen LogP contribution in [-0.2, 0) is 11.2 Å². The molecule has 0 aliphatic rings. The number of aliphatic carboxylic acids is 1. The van der Waals surface area contributed by atoms with E-state index in [9.17, 15) is 9.59 Å². The highest BCUT2D eigenvalue weighted by Gasteiger charge is 2.16. The Morgan fingerprint density at radius 1 is 1.53 bits per heavy atom. The van der Waals surface area contributed by atoms with Gasteiger partial charge >= 0.3 is 5.97 Å². The van der Waals surface area contributed by atoms with E-state index in [1.807, 2.05) is 13.8 Å². The first kappa shape index (κ1) is 13.3. The van der Waals surface area contributed by atoms with Gasteiger partial charge in [-0.2, -0.15) is 0 Å². The molecule has 0 spiro atoms. The molecule has 17 heavy (non-hydrogen) atoms. The highest BCUT2D eigenvalue weighted by molar-refractivity contribution is 5.92. The molecule has 1 rings (SSSR count). The molecule has 1 atom stereocenters. The molecule has 1 aromatic heterocycles. The summed E-state index contributed by atoms with van der Waals surface area (Å²) in [5.41, 5.74) is 0.934. The second kappa shape index (κ2) is 5.52. The molecule has 1 amide bonds. The highest BCUT2D eigenvalue weighted by Crippen LogP contribution is 2.15. The van der Waals surface area contributed by atoms with Crippen LogP contribution in [0, 0.1) is 6.92 Å². The average molecular weight is 239 g/mol. The normalized spacial score (nSPS) is 12.2. The number of hydrogen-bond donors (Lipinski definition) is 2. The first-order valence-corrected chi connectivity index (χ1v) is 5.56. The molecule has 1 aromatic rings. The number of nitrogens with one attached hydrogen (secondary N) is 1. The standard InChI is InChI=1S/C12H17NO4/c1-4-9-7(2)5-10(17-9)12(16)13-8(3)6-11(14)15/h5,8H,4,6H2,1-3H3,(H,13,16)(H,14,15). The summed E-state index contributed by atoms with van der Waals surface area (Å²) in [4.78, 5) is 22.2. The van der Waals surface area contributed by atoms with Gasteiger partial charge in [0.1, 0.15) is 5.76 Å². The number of carbonyl (C=O) groups excluding carboxylic acids is 1. The Labute approximate surface area is 99.8 Å². The Morgan fingerprint density at radius 2 is 2.18 bits per heavy atom. The van der Waals surface area contributed by atoms with Crippen molar-refractivity contribution in [2.45, 2.75) is 39.7 Å². The minimum absolute atomic E-state index is 0.105. The Balaban J connectivity index is 2.66. The van der Waals surface area contributed by atoms with Crippen LogP contribution in [0.1, 0.15) is 42.1 Å². The lowest BCUT2D eigenvalue weighted by molar-refractivity contribution is -0.137. The predicted molar refractivity (Wildman–Crippen MR) is 62.0 cm³/mol. The highest BCUT2D eigenvalue weighted by atomic mass is 16.4. The van der Waals surface area contributed by atoms with Crippen LogP contribution in [0.5, 0.6) is 0 Å². The zero-order chi connectivity index (χ0) is 13.0. The van der Waals surface area contributed by atoms with Crippen molar-refractivity contribution in [3.05, 3.63) is 23.2 Å². The Kier molecular flexibility index (Phi) is 4.31. The molecule has 0 aromatic carbocycles. The maximum Gasteiger partial charge on any atom is 0.305 e. The maximum absolute atomic E-state index is 11.7. The van der Waals surface area contributed by atoms with Crippen molar-refractivity contribution in [3.63, 3.8) is 0 Å². The monoisotopic (exact) mass is 239 g/mol. The molecular formula is C12H17NO4. The molecule has 0 aliphatic heterocycles. The fourth-order valence-corrected chi connectivity index (χ4v) is 1.59. The van der Waals surface area contributed by atoms with Gasteiger partial charge < -0.3 is 14.8 Å². The number of carboxylic acids is 1. The van der Waals surface area contributed by atoms with Gasteiger partial charge in [0.25, 0.3) is 5.91 Å². The van der Waals surface area contributed by atoms with Crippen LogP contribution in [0.4, 0.5) is 0 Å². The first-order valence-electron chi connectivity index (χ1n) is 5.56. The molecular weight excluding hydrogens is 222 g/mol. The van der Waals surface area contributed by atoms with Gasteiger partial charge in [0.15, 0.2) is 5.76 Å². The SMILES string of the molecule is CCc1oc(C(=O)NC(C)CC(=O)O)cc1C. The summed E-state index contributed by atoms with van der Waals surface area (Å²) in [5.74, 6) is -0.304. The molecule has 0 saturated carbocycles. The minimum Gasteiger partial charge on any atom is -0.481 e. The quantitative estimate of drug-likeness (QED) is 0.820. The molecule has 5 heteroatoms. The molecule has 0 bridgehead atoms. The second-order valence-electron chi connectivity index (χ2n) is 4.04. The van der Waals surface area contributed by atoms with Crippen molar-refractivity contribution in [2.75, 3.05) is 0 Å². The molecule has 5 nitrogen and oxygen atoms in total. The summed E-state index contributed by atoms with van der Waals surface area (Å²) in [5, 5.41) is 11.2. The minimum atomic E-state index is -0.942. The van der Waals surface area contributed by atoms with Crippen molar-refractivity contribution in [1.29, 1.82) is 0 Å². The van der Waals surface area contributed by atoms with Crippen LogP contribution in [0.15, 0.2) is 10.5 Å². The molecule has 0 fully saturated rings. The number of carboxylic acid groups (broad SMARTS) is 1. The summed E-state index contributed by atoms with van der Waals surface area (Å²) in [6.45, 7) is 5.46. The largest absolute Gasteiger partial charge is 0.481 e. The van der Waals surface area contributed by atoms with E-state index in [0.29, 0.717) is 0 Å². The number of amides is 1. The first-order chi connectivity index (χ1) is 7.93. The van der Waals surface area contributed by atoms with E-state index in [0.717, 1.165) is 17.7 Å². The second-order valence-corrected chi connectivity index (χ2v) is 4.04. The Hall–Kier alpha value is -1.78. The van der Waals surface area contributed by atoms with E-state index in [1.165, 1.54) is 0 Å². The molecule has 0 radical (unpaired) electrons. The van der Waals surface area contributed by atoms with Crippen molar-refractivity contribution < 1.29 is 19.1 Å². The molecule has 1 heterocycles. The topological polar surface area (TPSA) is 79.5 Å². The zero-order valence-corrected chi connectivity index (χ0v) is 10.2. The number of rotatable bonds is 5. The van der Waals surface area contributed by atoms with Crippen LogP contribution in [0.2, 0.25) is 0 Å². The number of furan rings is 1. The van der Waals surface area contributed by atoms with Crippen LogP contribution in [0.25, 0.3) is 0 Å². The average Bonchev–Trinajstić information content (AvgIpc) is 2.58. The third kappa shape index (κ3) is 3.62. The van der Waals surface area contributed by atoms with Gasteiger partial charge in [-0.1, -0.05) is 6.92 Å². The van der Waals surface area contributed by atoms with Crippen LogP contribution < -0.4 is 5.32 Å². The van der Waals surface area contributed by atoms with Crippen LogP contribution in [-0.4, -0.2) is 23.0 Å². The lowest BCUT2D eigenvalue weighted by Gasteiger charge is -2.09. The van der Waals surface area contributed by atoms with E-state index in [-0.39, 0.29) is 18.1 Å². The molecule has 0 aliphatic carbocycles. The van der Waals surface area contributed by atoms with Crippen molar-refractivity contribution in [2.24, 2.45) is 0 Å². The summed E-state index contributed by atoms with van der Waals surface area (Å²) in [6, 6.07) is 1.25. The Morgan fingerprint density at radius 3 is 2.65 bits per heavy atom. The van der Waals surface area contributed by atoms with Crippen LogP contribution in [0.3, 0.4) is 0 Å². The van der Waals surface area contributed by atoms with Crippen molar-refractivity contribution >= 4 is 11.9 Å². The van der Waals surface area contributed by atoms with Crippen molar-refractivity contribution in [3.8, 4) is 0 Å². The zero-order valence-electron chi connectivity index (χ0n) is 10.2. The third-order valence-corrected chi connectivity index (χ3v) is 2.42. The summed E-state index contributed by atoms with van der Waals surface area (Å²) >= 11 is 0. The summed E-state index contributed by atoms with van der Waals surface area (Å²) < 4.78 is 5.37. The lowest BCUT2D eigenvalue weighted by Crippen LogP contribution is -2.33. The van der Waals surface area contributed by atoms with E-state index < -0.39 is 12.0 Å². The smallest absolute Gasteiger partial charge is 0.305 e. The van der Waals surface area contributed by atoms with Crippen LogP contribution >= 0.6 is 0 Å². The Bertz CT molecular complexity index is 422. The third-order valence-electron chi connectivity index (χ3n) is 2.42. The lowest BCUT2D eigenvalue weighted by atomic mass is 10.2. The summed E-state index contributed by atoms with van der Waals surface area (Å²) in [6.07, 6.45) is 0.621. The number of carbonyl (C=O) groups is 2. The van der Waals surface area contributed by atoms with Gasteiger partial charge in [-0.25, -0.2) is 0 Å². The van der Waals surface area contributed by atoms with Gasteiger partial charge in [-0.15, -0.1) is 0 Å². The van der Waals surface area contributed by atoms with E-state index >= 15 is 0 Å². The number of aryl methyl sites for hydroxylation is 2. The molecule has 1 unspecified atom stereocenters. The maximum atomic E-state index is 11.7. The van der Waals surface area contributed by atoms with E-state index in [2.05, 4.69) is 5.32 Å². The van der Waals surface area contributed by atoms with Gasteiger partial charge in [-0.05, 0) is 25.5 Å². The molecule has 0 saturated heterocycles.